The molecular weight excluding hydrogens is 259 g/mol. The Balaban J connectivity index is 3.42. The third-order valence-electron chi connectivity index (χ3n) is 1.75. The maximum atomic E-state index is 11.2. The minimum Gasteiger partial charge on any atom is -0.316 e. The molecule has 0 fully saturated rings. The van der Waals surface area contributed by atoms with E-state index in [1.54, 1.807) is 13.1 Å². The van der Waals surface area contributed by atoms with Gasteiger partial charge >= 0.3 is 0 Å². The van der Waals surface area contributed by atoms with Crippen molar-refractivity contribution < 1.29 is 8.42 Å². The second kappa shape index (κ2) is 4.67. The fourth-order valence-electron chi connectivity index (χ4n) is 1.14. The van der Waals surface area contributed by atoms with Crippen LogP contribution in [-0.2, 0) is 16.6 Å². The van der Waals surface area contributed by atoms with Crippen molar-refractivity contribution in [3.8, 4) is 0 Å². The van der Waals surface area contributed by atoms with Crippen molar-refractivity contribution in [1.82, 2.24) is 5.32 Å². The summed E-state index contributed by atoms with van der Waals surface area (Å²) in [6, 6.07) is 2.83. The van der Waals surface area contributed by atoms with E-state index in [-0.39, 0.29) is 14.9 Å². The maximum Gasteiger partial charge on any atom is 0.239 e. The molecule has 0 radical (unpaired) electrons. The summed E-state index contributed by atoms with van der Waals surface area (Å²) in [4.78, 5) is -0.151. The van der Waals surface area contributed by atoms with Crippen molar-refractivity contribution in [2.75, 3.05) is 7.05 Å². The van der Waals surface area contributed by atoms with Gasteiger partial charge in [0.05, 0.1) is 5.02 Å². The number of primary sulfonamides is 1. The largest absolute Gasteiger partial charge is 0.316 e. The highest BCUT2D eigenvalue weighted by Gasteiger charge is 2.16. The number of hydrogen-bond acceptors (Lipinski definition) is 3. The van der Waals surface area contributed by atoms with Crippen molar-refractivity contribution in [2.24, 2.45) is 5.14 Å². The number of hydrogen-bond donors (Lipinski definition) is 2. The van der Waals surface area contributed by atoms with E-state index < -0.39 is 10.0 Å². The lowest BCUT2D eigenvalue weighted by molar-refractivity contribution is 0.597. The van der Waals surface area contributed by atoms with Crippen LogP contribution in [-0.4, -0.2) is 15.5 Å². The number of nitrogens with one attached hydrogen (secondary N) is 1. The Morgan fingerprint density at radius 1 is 1.40 bits per heavy atom. The zero-order valence-electron chi connectivity index (χ0n) is 7.92. The van der Waals surface area contributed by atoms with Crippen LogP contribution in [0.5, 0.6) is 0 Å². The van der Waals surface area contributed by atoms with Gasteiger partial charge in [-0.15, -0.1) is 0 Å². The Morgan fingerprint density at radius 3 is 2.47 bits per heavy atom. The Hall–Kier alpha value is -0.330. The second-order valence-corrected chi connectivity index (χ2v) is 5.30. The molecule has 0 bridgehead atoms. The first-order valence-electron chi connectivity index (χ1n) is 4.01. The molecule has 0 atom stereocenters. The van der Waals surface area contributed by atoms with Crippen molar-refractivity contribution in [1.29, 1.82) is 0 Å². The van der Waals surface area contributed by atoms with E-state index in [0.717, 1.165) is 0 Å². The van der Waals surface area contributed by atoms with Gasteiger partial charge in [0.1, 0.15) is 4.90 Å². The predicted molar refractivity (Wildman–Crippen MR) is 60.6 cm³/mol. The maximum absolute atomic E-state index is 11.2. The Morgan fingerprint density at radius 2 is 2.00 bits per heavy atom. The topological polar surface area (TPSA) is 72.2 Å². The summed E-state index contributed by atoms with van der Waals surface area (Å²) in [5.41, 5.74) is 0.593. The van der Waals surface area contributed by atoms with Crippen LogP contribution in [0.2, 0.25) is 10.0 Å². The lowest BCUT2D eigenvalue weighted by atomic mass is 10.2. The van der Waals surface area contributed by atoms with Gasteiger partial charge < -0.3 is 5.32 Å². The van der Waals surface area contributed by atoms with Gasteiger partial charge in [0.2, 0.25) is 10.0 Å². The molecule has 0 aliphatic carbocycles. The molecule has 7 heteroatoms. The van der Waals surface area contributed by atoms with E-state index in [0.29, 0.717) is 12.1 Å². The van der Waals surface area contributed by atoms with E-state index >= 15 is 0 Å². The normalized spacial score (nSPS) is 11.7. The summed E-state index contributed by atoms with van der Waals surface area (Å²) in [6.45, 7) is 0.419. The summed E-state index contributed by atoms with van der Waals surface area (Å²) in [6.07, 6.45) is 0. The van der Waals surface area contributed by atoms with Crippen molar-refractivity contribution in [3.63, 3.8) is 0 Å². The molecule has 3 N–H and O–H groups in total. The molecule has 0 aliphatic heterocycles. The number of nitrogens with two attached hydrogens (primary N) is 1. The van der Waals surface area contributed by atoms with E-state index in [2.05, 4.69) is 5.32 Å². The second-order valence-electron chi connectivity index (χ2n) is 2.95. The van der Waals surface area contributed by atoms with Crippen LogP contribution in [0.1, 0.15) is 5.56 Å². The monoisotopic (exact) mass is 268 g/mol. The lowest BCUT2D eigenvalue weighted by Crippen LogP contribution is -2.14. The highest BCUT2D eigenvalue weighted by Crippen LogP contribution is 2.28. The third kappa shape index (κ3) is 3.06. The highest BCUT2D eigenvalue weighted by molar-refractivity contribution is 7.89. The molecule has 1 aromatic rings. The summed E-state index contributed by atoms with van der Waals surface area (Å²) >= 11 is 11.6. The molecule has 0 unspecified atom stereocenters. The summed E-state index contributed by atoms with van der Waals surface area (Å²) in [5, 5.41) is 8.25. The average molecular weight is 269 g/mol. The number of benzene rings is 1. The quantitative estimate of drug-likeness (QED) is 0.870. The Labute approximate surface area is 98.4 Å². The first kappa shape index (κ1) is 12.7. The molecule has 4 nitrogen and oxygen atoms in total. The number of halogens is 2. The van der Waals surface area contributed by atoms with Gasteiger partial charge in [0.25, 0.3) is 0 Å². The number of sulfonamides is 1. The molecule has 15 heavy (non-hydrogen) atoms. The van der Waals surface area contributed by atoms with Gasteiger partial charge in [0.15, 0.2) is 0 Å². The fraction of sp³-hybridized carbons (Fsp3) is 0.250. The third-order valence-corrected chi connectivity index (χ3v) is 3.46. The molecule has 1 rings (SSSR count). The van der Waals surface area contributed by atoms with Crippen molar-refractivity contribution >= 4 is 33.2 Å². The van der Waals surface area contributed by atoms with Crippen molar-refractivity contribution in [2.45, 2.75) is 11.4 Å². The Kier molecular flexibility index (Phi) is 3.97. The predicted octanol–water partition coefficient (Wildman–Crippen LogP) is 1.36. The molecular formula is C8H10Cl2N2O2S. The summed E-state index contributed by atoms with van der Waals surface area (Å²) in [7, 11) is -2.12. The molecule has 0 amide bonds. The van der Waals surface area contributed by atoms with Crippen LogP contribution in [0, 0.1) is 0 Å². The minimum absolute atomic E-state index is 0.108. The molecule has 0 heterocycles. The molecule has 0 aromatic heterocycles. The zero-order valence-corrected chi connectivity index (χ0v) is 10.2. The van der Waals surface area contributed by atoms with Crippen LogP contribution in [0.4, 0.5) is 0 Å². The van der Waals surface area contributed by atoms with Crippen LogP contribution in [0.3, 0.4) is 0 Å². The van der Waals surface area contributed by atoms with E-state index in [9.17, 15) is 8.42 Å². The Bertz CT molecular complexity index is 474. The first-order chi connectivity index (χ1) is 6.86. The molecule has 84 valence electrons. The fourth-order valence-corrected chi connectivity index (χ4v) is 2.62. The lowest BCUT2D eigenvalue weighted by Gasteiger charge is -2.08. The molecule has 1 aromatic carbocycles. The molecule has 0 spiro atoms. The van der Waals surface area contributed by atoms with E-state index in [1.165, 1.54) is 6.07 Å². The van der Waals surface area contributed by atoms with Gasteiger partial charge in [-0.3, -0.25) is 0 Å². The average Bonchev–Trinajstić information content (AvgIpc) is 2.09. The van der Waals surface area contributed by atoms with Crippen LogP contribution < -0.4 is 10.5 Å². The zero-order chi connectivity index (χ0) is 11.6. The molecule has 0 saturated carbocycles. The van der Waals surface area contributed by atoms with Gasteiger partial charge in [-0.05, 0) is 24.7 Å². The smallest absolute Gasteiger partial charge is 0.239 e. The van der Waals surface area contributed by atoms with Gasteiger partial charge in [-0.25, -0.2) is 13.6 Å². The van der Waals surface area contributed by atoms with Gasteiger partial charge in [-0.1, -0.05) is 23.2 Å². The standard InChI is InChI=1S/C8H10Cl2N2O2S/c1-12-4-5-2-6(9)3-7(8(5)10)15(11,13)14/h2-3,12H,4H2,1H3,(H2,11,13,14). The number of rotatable bonds is 3. The van der Waals surface area contributed by atoms with Crippen molar-refractivity contribution in [3.05, 3.63) is 27.7 Å². The first-order valence-corrected chi connectivity index (χ1v) is 6.32. The summed E-state index contributed by atoms with van der Waals surface area (Å²) < 4.78 is 22.4. The van der Waals surface area contributed by atoms with Crippen LogP contribution in [0.25, 0.3) is 0 Å². The summed E-state index contributed by atoms with van der Waals surface area (Å²) in [5.74, 6) is 0. The highest BCUT2D eigenvalue weighted by atomic mass is 35.5. The molecule has 0 aliphatic rings. The molecule has 0 saturated heterocycles. The SMILES string of the molecule is CNCc1cc(Cl)cc(S(N)(=O)=O)c1Cl. The van der Waals surface area contributed by atoms with Gasteiger partial charge in [-0.2, -0.15) is 0 Å². The van der Waals surface area contributed by atoms with Crippen LogP contribution in [0.15, 0.2) is 17.0 Å². The van der Waals surface area contributed by atoms with Gasteiger partial charge in [0, 0.05) is 11.6 Å². The van der Waals surface area contributed by atoms with Crippen LogP contribution >= 0.6 is 23.2 Å². The van der Waals surface area contributed by atoms with E-state index in [1.807, 2.05) is 0 Å². The van der Waals surface area contributed by atoms with E-state index in [4.69, 9.17) is 28.3 Å². The minimum atomic E-state index is -3.84.